The summed E-state index contributed by atoms with van der Waals surface area (Å²) in [6.45, 7) is 2.98. The molecule has 2 saturated heterocycles. The van der Waals surface area contributed by atoms with Gasteiger partial charge in [0.1, 0.15) is 0 Å². The van der Waals surface area contributed by atoms with Gasteiger partial charge in [0.2, 0.25) is 21.8 Å². The summed E-state index contributed by atoms with van der Waals surface area (Å²) in [5.41, 5.74) is 0.845. The number of carbonyl (C=O) groups is 2. The second kappa shape index (κ2) is 8.00. The van der Waals surface area contributed by atoms with Gasteiger partial charge < -0.3 is 0 Å². The van der Waals surface area contributed by atoms with Gasteiger partial charge in [-0.3, -0.25) is 19.4 Å². The molecule has 0 spiro atoms. The van der Waals surface area contributed by atoms with Crippen LogP contribution in [0.4, 0.5) is 0 Å². The van der Waals surface area contributed by atoms with Gasteiger partial charge in [-0.05, 0) is 29.9 Å². The highest BCUT2D eigenvalue weighted by atomic mass is 32.2. The lowest BCUT2D eigenvalue weighted by atomic mass is 9.85. The molecule has 0 N–H and O–H groups in total. The molecule has 0 radical (unpaired) electrons. The molecule has 7 nitrogen and oxygen atoms in total. The molecule has 2 aliphatic carbocycles. The number of likely N-dealkylation sites (tertiary alicyclic amines) is 1. The molecule has 31 heavy (non-hydrogen) atoms. The predicted octanol–water partition coefficient (Wildman–Crippen LogP) is 1.41. The van der Waals surface area contributed by atoms with Crippen LogP contribution in [0.25, 0.3) is 6.08 Å². The number of carbonyl (C=O) groups excluding carboxylic acids is 2. The average molecular weight is 442 g/mol. The third-order valence-corrected chi connectivity index (χ3v) is 8.69. The third-order valence-electron chi connectivity index (χ3n) is 7.12. The Labute approximate surface area is 183 Å². The number of amides is 2. The molecule has 4 aliphatic rings. The van der Waals surface area contributed by atoms with Crippen LogP contribution < -0.4 is 0 Å². The van der Waals surface area contributed by atoms with Crippen LogP contribution in [-0.2, 0) is 19.6 Å². The fourth-order valence-corrected chi connectivity index (χ4v) is 6.62. The van der Waals surface area contributed by atoms with Crippen molar-refractivity contribution >= 4 is 27.9 Å². The van der Waals surface area contributed by atoms with Crippen molar-refractivity contribution in [2.45, 2.75) is 6.42 Å². The Kier molecular flexibility index (Phi) is 5.32. The third kappa shape index (κ3) is 3.77. The highest BCUT2D eigenvalue weighted by Gasteiger charge is 2.59. The lowest BCUT2D eigenvalue weighted by molar-refractivity contribution is -0.140. The summed E-state index contributed by atoms with van der Waals surface area (Å²) >= 11 is 0. The maximum atomic E-state index is 12.8. The Hall–Kier alpha value is -2.29. The molecule has 2 bridgehead atoms. The number of hydrogen-bond donors (Lipinski definition) is 0. The summed E-state index contributed by atoms with van der Waals surface area (Å²) in [7, 11) is -3.47. The molecule has 2 aliphatic heterocycles. The number of benzene rings is 1. The summed E-state index contributed by atoms with van der Waals surface area (Å²) in [5.74, 6) is 0.128. The van der Waals surface area contributed by atoms with E-state index >= 15 is 0 Å². The monoisotopic (exact) mass is 441 g/mol. The molecule has 5 rings (SSSR count). The molecule has 0 unspecified atom stereocenters. The summed E-state index contributed by atoms with van der Waals surface area (Å²) < 4.78 is 26.7. The van der Waals surface area contributed by atoms with Crippen molar-refractivity contribution in [3.63, 3.8) is 0 Å². The summed E-state index contributed by atoms with van der Waals surface area (Å²) in [4.78, 5) is 29.2. The van der Waals surface area contributed by atoms with Gasteiger partial charge in [-0.15, -0.1) is 0 Å². The first-order valence-corrected chi connectivity index (χ1v) is 12.4. The van der Waals surface area contributed by atoms with E-state index < -0.39 is 10.0 Å². The van der Waals surface area contributed by atoms with E-state index in [1.807, 2.05) is 30.3 Å². The average Bonchev–Trinajstić information content (AvgIpc) is 3.46. The van der Waals surface area contributed by atoms with Gasteiger partial charge in [0.15, 0.2) is 0 Å². The Balaban J connectivity index is 1.13. The molecule has 1 saturated carbocycles. The maximum absolute atomic E-state index is 12.8. The number of fused-ring (bicyclic) bond motifs is 5. The summed E-state index contributed by atoms with van der Waals surface area (Å²) in [6, 6.07) is 9.35. The van der Waals surface area contributed by atoms with Gasteiger partial charge in [-0.2, -0.15) is 4.31 Å². The first-order chi connectivity index (χ1) is 14.9. The topological polar surface area (TPSA) is 78.0 Å². The Morgan fingerprint density at radius 2 is 1.48 bits per heavy atom. The molecule has 3 fully saturated rings. The van der Waals surface area contributed by atoms with Crippen LogP contribution >= 0.6 is 0 Å². The maximum Gasteiger partial charge on any atom is 0.236 e. The molecule has 2 amide bonds. The van der Waals surface area contributed by atoms with Crippen molar-refractivity contribution in [3.8, 4) is 0 Å². The van der Waals surface area contributed by atoms with Gasteiger partial charge in [0.25, 0.3) is 0 Å². The lowest BCUT2D eigenvalue weighted by Crippen LogP contribution is -2.50. The standard InChI is InChI=1S/C23H27N3O4S/c27-22-20-18-6-7-19(16-18)21(20)23(28)26(22)14-11-24-9-12-25(13-10-24)31(29,30)15-8-17-4-2-1-3-5-17/h1-8,15,18-21H,9-14,16H2/b15-8-/t18-,19+,20-,21-/m0/s1. The molecule has 0 aromatic heterocycles. The van der Waals surface area contributed by atoms with E-state index in [0.717, 1.165) is 12.0 Å². The van der Waals surface area contributed by atoms with Crippen LogP contribution in [0.2, 0.25) is 0 Å². The largest absolute Gasteiger partial charge is 0.299 e. The molecule has 2 heterocycles. The van der Waals surface area contributed by atoms with E-state index in [9.17, 15) is 18.0 Å². The number of imide groups is 1. The SMILES string of the molecule is O=C1[C@@H]2[C@@H](C(=O)N1CCN1CCN(S(=O)(=O)/C=C\c3ccccc3)CC1)[C@H]1C=C[C@@H]2C1. The Morgan fingerprint density at radius 1 is 0.871 bits per heavy atom. The zero-order chi connectivity index (χ0) is 21.6. The van der Waals surface area contributed by atoms with Crippen molar-refractivity contribution in [3.05, 3.63) is 53.5 Å². The molecule has 4 atom stereocenters. The molecular formula is C23H27N3O4S. The van der Waals surface area contributed by atoms with Crippen molar-refractivity contribution < 1.29 is 18.0 Å². The van der Waals surface area contributed by atoms with E-state index in [-0.39, 0.29) is 35.5 Å². The van der Waals surface area contributed by atoms with Gasteiger partial charge in [-0.25, -0.2) is 8.42 Å². The number of hydrogen-bond acceptors (Lipinski definition) is 5. The van der Waals surface area contributed by atoms with Crippen molar-refractivity contribution in [1.29, 1.82) is 0 Å². The molecule has 164 valence electrons. The molecule has 8 heteroatoms. The number of rotatable bonds is 6. The van der Waals surface area contributed by atoms with Crippen molar-refractivity contribution in [2.24, 2.45) is 23.7 Å². The Bertz CT molecular complexity index is 998. The first-order valence-electron chi connectivity index (χ1n) is 10.9. The minimum absolute atomic E-state index is 0.0147. The lowest BCUT2D eigenvalue weighted by Gasteiger charge is -2.34. The molecular weight excluding hydrogens is 414 g/mol. The van der Waals surface area contributed by atoms with E-state index in [0.29, 0.717) is 39.3 Å². The highest BCUT2D eigenvalue weighted by Crippen LogP contribution is 2.52. The molecule has 1 aromatic rings. The van der Waals surface area contributed by atoms with Gasteiger partial charge in [-0.1, -0.05) is 42.5 Å². The Morgan fingerprint density at radius 3 is 2.10 bits per heavy atom. The number of sulfonamides is 1. The number of allylic oxidation sites excluding steroid dienone is 2. The summed E-state index contributed by atoms with van der Waals surface area (Å²) in [5, 5.41) is 1.26. The van der Waals surface area contributed by atoms with Gasteiger partial charge in [0, 0.05) is 44.7 Å². The van der Waals surface area contributed by atoms with Crippen LogP contribution in [0.5, 0.6) is 0 Å². The van der Waals surface area contributed by atoms with Crippen LogP contribution in [-0.4, -0.2) is 73.6 Å². The fourth-order valence-electron chi connectivity index (χ4n) is 5.45. The van der Waals surface area contributed by atoms with E-state index in [1.165, 1.54) is 14.6 Å². The molecule has 1 aromatic carbocycles. The summed E-state index contributed by atoms with van der Waals surface area (Å²) in [6.07, 6.45) is 6.76. The van der Waals surface area contributed by atoms with Crippen LogP contribution in [0.1, 0.15) is 12.0 Å². The highest BCUT2D eigenvalue weighted by molar-refractivity contribution is 7.92. The first kappa shape index (κ1) is 20.6. The van der Waals surface area contributed by atoms with E-state index in [1.54, 1.807) is 6.08 Å². The minimum Gasteiger partial charge on any atom is -0.299 e. The van der Waals surface area contributed by atoms with Gasteiger partial charge in [0.05, 0.1) is 11.8 Å². The second-order valence-electron chi connectivity index (χ2n) is 8.83. The van der Waals surface area contributed by atoms with Crippen molar-refractivity contribution in [2.75, 3.05) is 39.3 Å². The van der Waals surface area contributed by atoms with E-state index in [2.05, 4.69) is 17.1 Å². The smallest absolute Gasteiger partial charge is 0.236 e. The number of piperazine rings is 1. The number of nitrogens with zero attached hydrogens (tertiary/aromatic N) is 3. The van der Waals surface area contributed by atoms with Crippen LogP contribution in [0.15, 0.2) is 47.9 Å². The fraction of sp³-hybridized carbons (Fsp3) is 0.478. The van der Waals surface area contributed by atoms with Crippen LogP contribution in [0, 0.1) is 23.7 Å². The van der Waals surface area contributed by atoms with Crippen molar-refractivity contribution in [1.82, 2.24) is 14.1 Å². The second-order valence-corrected chi connectivity index (χ2v) is 10.6. The van der Waals surface area contributed by atoms with Gasteiger partial charge >= 0.3 is 0 Å². The normalized spacial score (nSPS) is 31.3. The van der Waals surface area contributed by atoms with E-state index in [4.69, 9.17) is 0 Å². The van der Waals surface area contributed by atoms with Crippen LogP contribution in [0.3, 0.4) is 0 Å². The zero-order valence-corrected chi connectivity index (χ0v) is 18.2. The predicted molar refractivity (Wildman–Crippen MR) is 117 cm³/mol. The zero-order valence-electron chi connectivity index (χ0n) is 17.3. The quantitative estimate of drug-likeness (QED) is 0.493. The minimum atomic E-state index is -3.47.